The lowest BCUT2D eigenvalue weighted by Gasteiger charge is -1.92. The minimum atomic E-state index is -0.913. The number of aliphatic carboxylic acids is 1. The molecule has 11 heavy (non-hydrogen) atoms. The maximum Gasteiger partial charge on any atom is 0.328 e. The quantitative estimate of drug-likeness (QED) is 0.629. The smallest absolute Gasteiger partial charge is 0.328 e. The number of carboxylic acid groups (broad SMARTS) is 1. The lowest BCUT2D eigenvalue weighted by atomic mass is 10.1. The number of allylic oxidation sites excluding steroid dienone is 1. The zero-order valence-corrected chi connectivity index (χ0v) is 6.16. The van der Waals surface area contributed by atoms with Gasteiger partial charge in [0.15, 0.2) is 0 Å². The molecule has 1 rings (SSSR count). The van der Waals surface area contributed by atoms with E-state index < -0.39 is 5.97 Å². The van der Waals surface area contributed by atoms with Crippen molar-refractivity contribution >= 4 is 11.5 Å². The summed E-state index contributed by atoms with van der Waals surface area (Å²) in [7, 11) is 0. The Bertz CT molecular complexity index is 272. The zero-order chi connectivity index (χ0) is 8.27. The third kappa shape index (κ3) is 1.97. The highest BCUT2D eigenvalue weighted by atomic mass is 16.4. The second-order valence-electron chi connectivity index (χ2n) is 2.27. The summed E-state index contributed by atoms with van der Waals surface area (Å²) in [6.45, 7) is 1.76. The largest absolute Gasteiger partial charge is 0.478 e. The van der Waals surface area contributed by atoms with Gasteiger partial charge in [-0.1, -0.05) is 0 Å². The Balaban J connectivity index is 2.86. The lowest BCUT2D eigenvalue weighted by molar-refractivity contribution is -0.131. The van der Waals surface area contributed by atoms with Crippen LogP contribution in [0.4, 0.5) is 0 Å². The summed E-state index contributed by atoms with van der Waals surface area (Å²) >= 11 is 0. The molecule has 0 saturated heterocycles. The van der Waals surface area contributed by atoms with Crippen LogP contribution >= 0.6 is 0 Å². The van der Waals surface area contributed by atoms with Gasteiger partial charge in [0.25, 0.3) is 0 Å². The van der Waals surface area contributed by atoms with Crippen LogP contribution in [0.3, 0.4) is 0 Å². The maximum atomic E-state index is 10.2. The number of H-pyrrole nitrogens is 1. The van der Waals surface area contributed by atoms with Gasteiger partial charge >= 0.3 is 5.97 Å². The summed E-state index contributed by atoms with van der Waals surface area (Å²) < 4.78 is 0. The molecule has 58 valence electrons. The molecule has 2 N–H and O–H groups in total. The molecule has 0 aliphatic rings. The Morgan fingerprint density at radius 1 is 1.73 bits per heavy atom. The first kappa shape index (κ1) is 7.60. The van der Waals surface area contributed by atoms with Crippen LogP contribution in [0.1, 0.15) is 12.5 Å². The molecule has 0 amide bonds. The van der Waals surface area contributed by atoms with E-state index >= 15 is 0 Å². The molecule has 3 nitrogen and oxygen atoms in total. The highest BCUT2D eigenvalue weighted by Crippen LogP contribution is 2.11. The highest BCUT2D eigenvalue weighted by molar-refractivity contribution is 5.89. The normalized spacial score (nSPS) is 11.5. The molecule has 0 atom stereocenters. The monoisotopic (exact) mass is 151 g/mol. The van der Waals surface area contributed by atoms with Crippen LogP contribution in [0.25, 0.3) is 5.57 Å². The van der Waals surface area contributed by atoms with Crippen molar-refractivity contribution in [2.75, 3.05) is 0 Å². The standard InChI is InChI=1S/C8H9NO2/c1-6(4-8(10)11)7-2-3-9-5-7/h2-5,9H,1H3,(H,10,11)/b6-4+. The Morgan fingerprint density at radius 3 is 2.91 bits per heavy atom. The minimum absolute atomic E-state index is 0.749. The van der Waals surface area contributed by atoms with Gasteiger partial charge in [0.2, 0.25) is 0 Å². The molecule has 0 fully saturated rings. The van der Waals surface area contributed by atoms with Gasteiger partial charge in [0.1, 0.15) is 0 Å². The highest BCUT2D eigenvalue weighted by Gasteiger charge is 1.96. The third-order valence-electron chi connectivity index (χ3n) is 1.39. The zero-order valence-electron chi connectivity index (χ0n) is 6.16. The van der Waals surface area contributed by atoms with Gasteiger partial charge in [-0.3, -0.25) is 0 Å². The number of carboxylic acids is 1. The molecule has 1 aromatic rings. The summed E-state index contributed by atoms with van der Waals surface area (Å²) in [4.78, 5) is 13.1. The van der Waals surface area contributed by atoms with E-state index in [1.165, 1.54) is 6.08 Å². The molecule has 0 aliphatic carbocycles. The lowest BCUT2D eigenvalue weighted by Crippen LogP contribution is -1.88. The van der Waals surface area contributed by atoms with Crippen LogP contribution in [-0.4, -0.2) is 16.1 Å². The van der Waals surface area contributed by atoms with E-state index in [4.69, 9.17) is 5.11 Å². The van der Waals surface area contributed by atoms with E-state index in [1.807, 2.05) is 6.07 Å². The fourth-order valence-electron chi connectivity index (χ4n) is 0.838. The first-order valence-electron chi connectivity index (χ1n) is 3.24. The Kier molecular flexibility index (Phi) is 2.11. The SMILES string of the molecule is C/C(=C\C(=O)O)c1cc[nH]c1. The second kappa shape index (κ2) is 3.05. The van der Waals surface area contributed by atoms with Gasteiger partial charge in [-0.05, 0) is 24.1 Å². The van der Waals surface area contributed by atoms with Crippen LogP contribution in [0.2, 0.25) is 0 Å². The fourth-order valence-corrected chi connectivity index (χ4v) is 0.838. The summed E-state index contributed by atoms with van der Waals surface area (Å²) in [5, 5.41) is 8.40. The fraction of sp³-hybridized carbons (Fsp3) is 0.125. The number of aromatic nitrogens is 1. The van der Waals surface area contributed by atoms with Crippen molar-refractivity contribution in [3.8, 4) is 0 Å². The number of hydrogen-bond donors (Lipinski definition) is 2. The summed E-state index contributed by atoms with van der Waals surface area (Å²) in [6.07, 6.45) is 4.70. The predicted molar refractivity (Wildman–Crippen MR) is 42.1 cm³/mol. The molecule has 3 heteroatoms. The summed E-state index contributed by atoms with van der Waals surface area (Å²) in [5.74, 6) is -0.913. The minimum Gasteiger partial charge on any atom is -0.478 e. The number of aromatic amines is 1. The topological polar surface area (TPSA) is 53.1 Å². The average molecular weight is 151 g/mol. The van der Waals surface area contributed by atoms with Crippen molar-refractivity contribution in [2.45, 2.75) is 6.92 Å². The molecule has 1 heterocycles. The molecule has 0 saturated carbocycles. The van der Waals surface area contributed by atoms with Gasteiger partial charge < -0.3 is 10.1 Å². The van der Waals surface area contributed by atoms with Gasteiger partial charge in [-0.25, -0.2) is 4.79 Å². The van der Waals surface area contributed by atoms with Crippen molar-refractivity contribution < 1.29 is 9.90 Å². The van der Waals surface area contributed by atoms with Crippen LogP contribution < -0.4 is 0 Å². The molecule has 0 radical (unpaired) electrons. The number of nitrogens with one attached hydrogen (secondary N) is 1. The molecule has 0 unspecified atom stereocenters. The van der Waals surface area contributed by atoms with Crippen LogP contribution in [0.15, 0.2) is 24.5 Å². The first-order chi connectivity index (χ1) is 5.20. The number of rotatable bonds is 2. The summed E-state index contributed by atoms with van der Waals surface area (Å²) in [6, 6.07) is 1.83. The van der Waals surface area contributed by atoms with Gasteiger partial charge in [0.05, 0.1) is 0 Å². The number of carbonyl (C=O) groups is 1. The molecular weight excluding hydrogens is 142 g/mol. The number of hydrogen-bond acceptors (Lipinski definition) is 1. The molecule has 1 aromatic heterocycles. The van der Waals surface area contributed by atoms with Crippen molar-refractivity contribution in [3.63, 3.8) is 0 Å². The van der Waals surface area contributed by atoms with E-state index in [9.17, 15) is 4.79 Å². The van der Waals surface area contributed by atoms with E-state index in [2.05, 4.69) is 4.98 Å². The molecule has 0 aliphatic heterocycles. The predicted octanol–water partition coefficient (Wildman–Crippen LogP) is 1.50. The summed E-state index contributed by atoms with van der Waals surface area (Å²) in [5.41, 5.74) is 1.66. The molecule has 0 bridgehead atoms. The van der Waals surface area contributed by atoms with Crippen molar-refractivity contribution in [3.05, 3.63) is 30.1 Å². The van der Waals surface area contributed by atoms with Crippen molar-refractivity contribution in [2.24, 2.45) is 0 Å². The average Bonchev–Trinajstić information content (AvgIpc) is 2.35. The first-order valence-corrected chi connectivity index (χ1v) is 3.24. The van der Waals surface area contributed by atoms with E-state index in [-0.39, 0.29) is 0 Å². The third-order valence-corrected chi connectivity index (χ3v) is 1.39. The van der Waals surface area contributed by atoms with E-state index in [0.717, 1.165) is 11.1 Å². The van der Waals surface area contributed by atoms with Gasteiger partial charge in [0, 0.05) is 18.5 Å². The molecule has 0 spiro atoms. The van der Waals surface area contributed by atoms with Crippen LogP contribution in [0.5, 0.6) is 0 Å². The Labute approximate surface area is 64.4 Å². The van der Waals surface area contributed by atoms with Crippen LogP contribution in [0, 0.1) is 0 Å². The van der Waals surface area contributed by atoms with Gasteiger partial charge in [-0.2, -0.15) is 0 Å². The van der Waals surface area contributed by atoms with E-state index in [0.29, 0.717) is 0 Å². The van der Waals surface area contributed by atoms with E-state index in [1.54, 1.807) is 19.3 Å². The van der Waals surface area contributed by atoms with Crippen LogP contribution in [-0.2, 0) is 4.79 Å². The van der Waals surface area contributed by atoms with Crippen molar-refractivity contribution in [1.29, 1.82) is 0 Å². The second-order valence-corrected chi connectivity index (χ2v) is 2.27. The Hall–Kier alpha value is -1.51. The van der Waals surface area contributed by atoms with Crippen molar-refractivity contribution in [1.82, 2.24) is 4.98 Å². The Morgan fingerprint density at radius 2 is 2.45 bits per heavy atom. The molecule has 0 aromatic carbocycles. The molecular formula is C8H9NO2. The maximum absolute atomic E-state index is 10.2. The van der Waals surface area contributed by atoms with Gasteiger partial charge in [-0.15, -0.1) is 0 Å².